The minimum Gasteiger partial charge on any atom is -0.0654 e. The first kappa shape index (κ1) is 15.1. The second kappa shape index (κ2) is 7.44. The summed E-state index contributed by atoms with van der Waals surface area (Å²) < 4.78 is 0. The molecule has 0 saturated heterocycles. The second-order valence-electron chi connectivity index (χ2n) is 7.06. The Hall–Kier alpha value is 0. The minimum atomic E-state index is 0.733. The lowest BCUT2D eigenvalue weighted by molar-refractivity contribution is 0.374. The van der Waals surface area contributed by atoms with E-state index >= 15 is 0 Å². The van der Waals surface area contributed by atoms with E-state index in [0.29, 0.717) is 0 Å². The molecule has 0 spiro atoms. The summed E-state index contributed by atoms with van der Waals surface area (Å²) in [6, 6.07) is 0. The van der Waals surface area contributed by atoms with Crippen molar-refractivity contribution in [3.63, 3.8) is 0 Å². The molecule has 0 aromatic rings. The summed E-state index contributed by atoms with van der Waals surface area (Å²) in [7, 11) is 0. The van der Waals surface area contributed by atoms with E-state index in [4.69, 9.17) is 0 Å². The summed E-state index contributed by atoms with van der Waals surface area (Å²) in [6.07, 6.45) is 14.7. The van der Waals surface area contributed by atoms with Gasteiger partial charge in [-0.05, 0) is 36.5 Å². The van der Waals surface area contributed by atoms with Crippen molar-refractivity contribution in [3.8, 4) is 0 Å². The van der Waals surface area contributed by atoms with Gasteiger partial charge in [0.05, 0.1) is 0 Å². The first-order valence-electron chi connectivity index (χ1n) is 8.08. The van der Waals surface area contributed by atoms with Gasteiger partial charge >= 0.3 is 0 Å². The molecule has 1 aliphatic rings. The summed E-state index contributed by atoms with van der Waals surface area (Å²) in [5.74, 6) is 1.96. The second-order valence-corrected chi connectivity index (χ2v) is 7.06. The number of unbranched alkanes of at least 4 members (excludes halogenated alkanes) is 6. The Balaban J connectivity index is 1.91. The van der Waals surface area contributed by atoms with Gasteiger partial charge < -0.3 is 0 Å². The Morgan fingerprint density at radius 1 is 1.00 bits per heavy atom. The van der Waals surface area contributed by atoms with Crippen molar-refractivity contribution in [3.05, 3.63) is 0 Å². The fourth-order valence-electron chi connectivity index (χ4n) is 3.48. The van der Waals surface area contributed by atoms with Gasteiger partial charge in [-0.1, -0.05) is 72.6 Å². The molecule has 1 fully saturated rings. The van der Waals surface area contributed by atoms with Crippen molar-refractivity contribution in [2.45, 2.75) is 91.9 Å². The fourth-order valence-corrected chi connectivity index (χ4v) is 3.48. The summed E-state index contributed by atoms with van der Waals surface area (Å²) in [5.41, 5.74) is 0.733. The van der Waals surface area contributed by atoms with Crippen LogP contribution in [0.15, 0.2) is 0 Å². The molecule has 0 N–H and O–H groups in total. The Morgan fingerprint density at radius 3 is 2.18 bits per heavy atom. The van der Waals surface area contributed by atoms with Crippen LogP contribution in [0, 0.1) is 17.3 Å². The van der Waals surface area contributed by atoms with Crippen molar-refractivity contribution < 1.29 is 0 Å². The van der Waals surface area contributed by atoms with Crippen LogP contribution in [0.3, 0.4) is 0 Å². The van der Waals surface area contributed by atoms with Crippen molar-refractivity contribution >= 4 is 0 Å². The molecule has 0 aliphatic heterocycles. The van der Waals surface area contributed by atoms with Gasteiger partial charge in [-0.25, -0.2) is 0 Å². The van der Waals surface area contributed by atoms with E-state index in [-0.39, 0.29) is 0 Å². The molecule has 1 aliphatic carbocycles. The van der Waals surface area contributed by atoms with Crippen LogP contribution in [-0.4, -0.2) is 0 Å². The van der Waals surface area contributed by atoms with Crippen molar-refractivity contribution in [2.24, 2.45) is 17.3 Å². The maximum Gasteiger partial charge on any atom is -0.0292 e. The van der Waals surface area contributed by atoms with Gasteiger partial charge in [-0.2, -0.15) is 0 Å². The van der Waals surface area contributed by atoms with Gasteiger partial charge in [0.2, 0.25) is 0 Å². The lowest BCUT2D eigenvalue weighted by Gasteiger charge is -2.13. The zero-order valence-corrected chi connectivity index (χ0v) is 12.7. The number of rotatable bonds is 10. The van der Waals surface area contributed by atoms with Crippen molar-refractivity contribution in [1.29, 1.82) is 0 Å². The molecule has 2 unspecified atom stereocenters. The third kappa shape index (κ3) is 5.93. The van der Waals surface area contributed by atoms with Crippen LogP contribution < -0.4 is 0 Å². The molecule has 0 bridgehead atoms. The molecule has 0 nitrogen and oxygen atoms in total. The first-order valence-corrected chi connectivity index (χ1v) is 8.08. The molecular formula is C17H34. The van der Waals surface area contributed by atoms with E-state index in [1.54, 1.807) is 0 Å². The minimum absolute atomic E-state index is 0.733. The van der Waals surface area contributed by atoms with E-state index in [9.17, 15) is 0 Å². The molecule has 2 atom stereocenters. The highest BCUT2D eigenvalue weighted by Gasteiger charge is 2.48. The lowest BCUT2D eigenvalue weighted by Crippen LogP contribution is -2.03. The molecule has 1 saturated carbocycles. The molecule has 102 valence electrons. The smallest absolute Gasteiger partial charge is 0.0292 e. The zero-order chi connectivity index (χ0) is 12.7. The van der Waals surface area contributed by atoms with Crippen molar-refractivity contribution in [2.75, 3.05) is 0 Å². The summed E-state index contributed by atoms with van der Waals surface area (Å²) >= 11 is 0. The van der Waals surface area contributed by atoms with Crippen molar-refractivity contribution in [1.82, 2.24) is 0 Å². The molecule has 17 heavy (non-hydrogen) atoms. The maximum absolute atomic E-state index is 2.51. The molecule has 0 heterocycles. The topological polar surface area (TPSA) is 0 Å². The Morgan fingerprint density at radius 2 is 1.59 bits per heavy atom. The van der Waals surface area contributed by atoms with Crippen LogP contribution in [0.25, 0.3) is 0 Å². The van der Waals surface area contributed by atoms with Crippen LogP contribution in [-0.2, 0) is 0 Å². The molecule has 0 amide bonds. The fraction of sp³-hybridized carbons (Fsp3) is 1.00. The summed E-state index contributed by atoms with van der Waals surface area (Å²) in [5, 5.41) is 0. The molecule has 1 rings (SSSR count). The average Bonchev–Trinajstić information content (AvgIpc) is 2.86. The van der Waals surface area contributed by atoms with Gasteiger partial charge in [0, 0.05) is 0 Å². The SMILES string of the molecule is CCCCCCCCCC1CC1(C)CC(C)C. The van der Waals surface area contributed by atoms with E-state index in [0.717, 1.165) is 17.3 Å². The summed E-state index contributed by atoms with van der Waals surface area (Å²) in [4.78, 5) is 0. The predicted octanol–water partition coefficient (Wildman–Crippen LogP) is 6.20. The first-order chi connectivity index (χ1) is 8.08. The molecular weight excluding hydrogens is 204 g/mol. The quantitative estimate of drug-likeness (QED) is 0.397. The molecule has 0 heteroatoms. The van der Waals surface area contributed by atoms with Crippen LogP contribution in [0.2, 0.25) is 0 Å². The molecule has 0 aromatic carbocycles. The largest absolute Gasteiger partial charge is 0.0654 e. The van der Waals surface area contributed by atoms with Gasteiger partial charge in [-0.15, -0.1) is 0 Å². The number of hydrogen-bond acceptors (Lipinski definition) is 0. The standard InChI is InChI=1S/C17H34/c1-5-6-7-8-9-10-11-12-16-14-17(16,4)13-15(2)3/h15-16H,5-14H2,1-4H3. The van der Waals surface area contributed by atoms with E-state index in [1.165, 1.54) is 64.2 Å². The molecule has 0 radical (unpaired) electrons. The highest BCUT2D eigenvalue weighted by molar-refractivity contribution is 4.98. The van der Waals surface area contributed by atoms with Crippen LogP contribution in [0.1, 0.15) is 91.9 Å². The Labute approximate surface area is 110 Å². The zero-order valence-electron chi connectivity index (χ0n) is 12.7. The van der Waals surface area contributed by atoms with Gasteiger partial charge in [0.1, 0.15) is 0 Å². The van der Waals surface area contributed by atoms with E-state index in [1.807, 2.05) is 0 Å². The highest BCUT2D eigenvalue weighted by Crippen LogP contribution is 2.58. The maximum atomic E-state index is 2.51. The van der Waals surface area contributed by atoms with Crippen LogP contribution in [0.5, 0.6) is 0 Å². The Kier molecular flexibility index (Phi) is 6.59. The van der Waals surface area contributed by atoms with Gasteiger partial charge in [0.25, 0.3) is 0 Å². The lowest BCUT2D eigenvalue weighted by atomic mass is 9.92. The van der Waals surface area contributed by atoms with Gasteiger partial charge in [-0.3, -0.25) is 0 Å². The van der Waals surface area contributed by atoms with E-state index < -0.39 is 0 Å². The van der Waals surface area contributed by atoms with Crippen LogP contribution >= 0.6 is 0 Å². The van der Waals surface area contributed by atoms with Gasteiger partial charge in [0.15, 0.2) is 0 Å². The van der Waals surface area contributed by atoms with Crippen LogP contribution in [0.4, 0.5) is 0 Å². The predicted molar refractivity (Wildman–Crippen MR) is 78.3 cm³/mol. The van der Waals surface area contributed by atoms with E-state index in [2.05, 4.69) is 27.7 Å². The number of hydrogen-bond donors (Lipinski definition) is 0. The third-order valence-corrected chi connectivity index (χ3v) is 4.57. The average molecular weight is 238 g/mol. The Bertz CT molecular complexity index is 194. The highest BCUT2D eigenvalue weighted by atomic mass is 14.5. The summed E-state index contributed by atoms with van der Waals surface area (Å²) in [6.45, 7) is 9.55. The monoisotopic (exact) mass is 238 g/mol. The molecule has 0 aromatic heterocycles. The third-order valence-electron chi connectivity index (χ3n) is 4.57. The normalized spacial score (nSPS) is 27.7.